The van der Waals surface area contributed by atoms with Crippen molar-refractivity contribution in [2.45, 2.75) is 220 Å². The van der Waals surface area contributed by atoms with Crippen molar-refractivity contribution in [1.29, 1.82) is 0 Å². The molecule has 0 fully saturated rings. The van der Waals surface area contributed by atoms with E-state index in [2.05, 4.69) is 38.2 Å². The molecule has 8 heteroatoms. The van der Waals surface area contributed by atoms with Gasteiger partial charge in [-0.1, -0.05) is 141 Å². The van der Waals surface area contributed by atoms with Crippen molar-refractivity contribution < 1.29 is 29.4 Å². The summed E-state index contributed by atoms with van der Waals surface area (Å²) >= 11 is 0. The zero-order chi connectivity index (χ0) is 38.8. The first kappa shape index (κ1) is 52.9. The SMILES string of the molecule is CC(=O)O.CC(=O)O.CCCCCCCC/C=C\CCCCCCCC(=O)N(C(=O)CCCCCCC/C=C\CCCCCCCC)C(C)CN. The van der Waals surface area contributed by atoms with Crippen LogP contribution in [-0.2, 0) is 19.2 Å². The van der Waals surface area contributed by atoms with Crippen LogP contribution in [0.4, 0.5) is 0 Å². The van der Waals surface area contributed by atoms with Gasteiger partial charge in [-0.05, 0) is 71.1 Å². The summed E-state index contributed by atoms with van der Waals surface area (Å²) in [5.41, 5.74) is 5.86. The normalized spacial score (nSPS) is 11.5. The molecule has 0 rings (SSSR count). The number of nitrogens with zero attached hydrogens (tertiary/aromatic N) is 1. The molecule has 300 valence electrons. The molecule has 0 aliphatic rings. The van der Waals surface area contributed by atoms with Crippen molar-refractivity contribution in [3.8, 4) is 0 Å². The maximum atomic E-state index is 12.9. The number of nitrogens with two attached hydrogens (primary N) is 1. The van der Waals surface area contributed by atoms with E-state index in [0.717, 1.165) is 52.4 Å². The standard InChI is InChI=1S/C39H74N2O2.2C2H4O2/c1-4-6-8-10-12-14-16-18-20-22-24-26-28-30-32-34-38(42)41(37(3)36-40)39(43)35-33-31-29-27-25-23-21-19-17-15-13-11-9-7-5-2;2*1-2(3)4/h18-21,37H,4-17,22-36,40H2,1-3H3;2*1H3,(H,3,4)/b20-18-,21-19-;;. The van der Waals surface area contributed by atoms with E-state index in [1.54, 1.807) is 0 Å². The molecule has 0 aromatic rings. The number of rotatable bonds is 32. The van der Waals surface area contributed by atoms with Crippen molar-refractivity contribution in [3.63, 3.8) is 0 Å². The molecule has 0 aromatic heterocycles. The molecule has 1 atom stereocenters. The van der Waals surface area contributed by atoms with Crippen LogP contribution in [0, 0.1) is 0 Å². The van der Waals surface area contributed by atoms with Gasteiger partial charge in [0.25, 0.3) is 11.9 Å². The second-order valence-electron chi connectivity index (χ2n) is 13.9. The highest BCUT2D eigenvalue weighted by Crippen LogP contribution is 2.15. The first-order valence-electron chi connectivity index (χ1n) is 20.8. The fourth-order valence-electron chi connectivity index (χ4n) is 5.67. The van der Waals surface area contributed by atoms with Crippen LogP contribution in [0.2, 0.25) is 0 Å². The minimum atomic E-state index is -0.833. The van der Waals surface area contributed by atoms with Crippen LogP contribution in [-0.4, -0.2) is 51.5 Å². The molecule has 0 saturated carbocycles. The first-order chi connectivity index (χ1) is 24.5. The Morgan fingerprint density at radius 2 is 0.725 bits per heavy atom. The van der Waals surface area contributed by atoms with Crippen molar-refractivity contribution >= 4 is 23.8 Å². The molecule has 4 N–H and O–H groups in total. The van der Waals surface area contributed by atoms with Crippen LogP contribution in [0.5, 0.6) is 0 Å². The van der Waals surface area contributed by atoms with Gasteiger partial charge in [0.15, 0.2) is 0 Å². The zero-order valence-electron chi connectivity index (χ0n) is 33.9. The highest BCUT2D eigenvalue weighted by atomic mass is 16.4. The van der Waals surface area contributed by atoms with Gasteiger partial charge in [-0.2, -0.15) is 0 Å². The molecule has 0 aliphatic carbocycles. The number of unbranched alkanes of at least 4 members (excludes halogenated alkanes) is 22. The van der Waals surface area contributed by atoms with Crippen LogP contribution >= 0.6 is 0 Å². The maximum absolute atomic E-state index is 12.9. The lowest BCUT2D eigenvalue weighted by atomic mass is 10.1. The molecule has 0 saturated heterocycles. The number of hydrogen-bond donors (Lipinski definition) is 3. The summed E-state index contributed by atoms with van der Waals surface area (Å²) in [7, 11) is 0. The summed E-state index contributed by atoms with van der Waals surface area (Å²) in [5, 5.41) is 14.8. The van der Waals surface area contributed by atoms with E-state index in [1.165, 1.54) is 133 Å². The topological polar surface area (TPSA) is 138 Å². The molecule has 0 bridgehead atoms. The van der Waals surface area contributed by atoms with Gasteiger partial charge >= 0.3 is 0 Å². The second-order valence-corrected chi connectivity index (χ2v) is 13.9. The quantitative estimate of drug-likeness (QED) is 0.0464. The third-order valence-corrected chi connectivity index (χ3v) is 8.62. The van der Waals surface area contributed by atoms with Gasteiger partial charge in [-0.15, -0.1) is 0 Å². The number of imide groups is 1. The van der Waals surface area contributed by atoms with E-state index in [9.17, 15) is 9.59 Å². The molecule has 0 aliphatic heterocycles. The Bertz CT molecular complexity index is 785. The van der Waals surface area contributed by atoms with E-state index in [1.807, 2.05) is 6.92 Å². The van der Waals surface area contributed by atoms with E-state index in [-0.39, 0.29) is 17.9 Å². The van der Waals surface area contributed by atoms with E-state index in [4.69, 9.17) is 25.5 Å². The van der Waals surface area contributed by atoms with E-state index < -0.39 is 11.9 Å². The predicted molar refractivity (Wildman–Crippen MR) is 216 cm³/mol. The molecule has 0 aromatic carbocycles. The molecule has 1 unspecified atom stereocenters. The third-order valence-electron chi connectivity index (χ3n) is 8.62. The lowest BCUT2D eigenvalue weighted by Crippen LogP contribution is -2.46. The van der Waals surface area contributed by atoms with Crippen molar-refractivity contribution in [2.24, 2.45) is 5.73 Å². The monoisotopic (exact) mass is 723 g/mol. The van der Waals surface area contributed by atoms with Gasteiger partial charge < -0.3 is 15.9 Å². The summed E-state index contributed by atoms with van der Waals surface area (Å²) in [5.74, 6) is -1.73. The average molecular weight is 723 g/mol. The van der Waals surface area contributed by atoms with Gasteiger partial charge in [-0.25, -0.2) is 0 Å². The number of hydrogen-bond acceptors (Lipinski definition) is 5. The first-order valence-corrected chi connectivity index (χ1v) is 20.8. The average Bonchev–Trinajstić information content (AvgIpc) is 3.07. The van der Waals surface area contributed by atoms with Gasteiger partial charge in [0.2, 0.25) is 11.8 Å². The molecular formula is C43H82N2O6. The number of carboxylic acids is 2. The Kier molecular flexibility index (Phi) is 45.3. The van der Waals surface area contributed by atoms with E-state index in [0.29, 0.717) is 19.4 Å². The Hall–Kier alpha value is -2.48. The van der Waals surface area contributed by atoms with Crippen molar-refractivity contribution in [1.82, 2.24) is 4.90 Å². The Morgan fingerprint density at radius 1 is 0.490 bits per heavy atom. The van der Waals surface area contributed by atoms with Gasteiger partial charge in [0.1, 0.15) is 0 Å². The van der Waals surface area contributed by atoms with Crippen LogP contribution in [0.3, 0.4) is 0 Å². The van der Waals surface area contributed by atoms with Crippen LogP contribution in [0.15, 0.2) is 24.3 Å². The fourth-order valence-corrected chi connectivity index (χ4v) is 5.67. The lowest BCUT2D eigenvalue weighted by molar-refractivity contribution is -0.147. The Balaban J connectivity index is -0.00000258. The molecule has 2 amide bonds. The predicted octanol–water partition coefficient (Wildman–Crippen LogP) is 11.9. The highest BCUT2D eigenvalue weighted by molar-refractivity contribution is 5.95. The number of amides is 2. The summed E-state index contributed by atoms with van der Waals surface area (Å²) in [6.45, 7) is 8.93. The number of carbonyl (C=O) groups is 4. The van der Waals surface area contributed by atoms with Crippen molar-refractivity contribution in [2.75, 3.05) is 6.54 Å². The Morgan fingerprint density at radius 3 is 0.980 bits per heavy atom. The minimum absolute atomic E-state index is 0.0340. The largest absolute Gasteiger partial charge is 0.481 e. The van der Waals surface area contributed by atoms with Crippen LogP contribution in [0.1, 0.15) is 214 Å². The minimum Gasteiger partial charge on any atom is -0.481 e. The molecule has 51 heavy (non-hydrogen) atoms. The zero-order valence-corrected chi connectivity index (χ0v) is 33.9. The summed E-state index contributed by atoms with van der Waals surface area (Å²) in [6, 6.07) is -0.216. The molecular weight excluding hydrogens is 640 g/mol. The third kappa shape index (κ3) is 47.5. The number of allylic oxidation sites excluding steroid dienone is 4. The second kappa shape index (κ2) is 43.7. The van der Waals surface area contributed by atoms with E-state index >= 15 is 0 Å². The number of carboxylic acid groups (broad SMARTS) is 2. The molecule has 0 spiro atoms. The number of aliphatic carboxylic acids is 2. The van der Waals surface area contributed by atoms with Crippen molar-refractivity contribution in [3.05, 3.63) is 24.3 Å². The molecule has 8 nitrogen and oxygen atoms in total. The summed E-state index contributed by atoms with van der Waals surface area (Å²) < 4.78 is 0. The lowest BCUT2D eigenvalue weighted by Gasteiger charge is -2.26. The summed E-state index contributed by atoms with van der Waals surface area (Å²) in [6.07, 6.45) is 42.5. The van der Waals surface area contributed by atoms with Gasteiger partial charge in [0.05, 0.1) is 0 Å². The van der Waals surface area contributed by atoms with Crippen LogP contribution in [0.25, 0.3) is 0 Å². The van der Waals surface area contributed by atoms with Gasteiger partial charge in [-0.3, -0.25) is 24.1 Å². The molecule has 0 heterocycles. The molecule has 0 radical (unpaired) electrons. The van der Waals surface area contributed by atoms with Crippen LogP contribution < -0.4 is 5.73 Å². The van der Waals surface area contributed by atoms with Gasteiger partial charge in [0, 0.05) is 39.3 Å². The maximum Gasteiger partial charge on any atom is 0.300 e. The summed E-state index contributed by atoms with van der Waals surface area (Å²) in [4.78, 5) is 45.3. The Labute approximate surface area is 314 Å². The fraction of sp³-hybridized carbons (Fsp3) is 0.814. The smallest absolute Gasteiger partial charge is 0.300 e. The highest BCUT2D eigenvalue weighted by Gasteiger charge is 2.25. The number of carbonyl (C=O) groups excluding carboxylic acids is 2.